The number of aliphatic imine (C=N–C) groups is 1. The Morgan fingerprint density at radius 3 is 2.68 bits per heavy atom. The van der Waals surface area contributed by atoms with Crippen molar-refractivity contribution in [1.82, 2.24) is 4.57 Å². The highest BCUT2D eigenvalue weighted by molar-refractivity contribution is 7.98. The first-order valence-electron chi connectivity index (χ1n) is 7.66. The Bertz CT molecular complexity index is 658. The number of nitrogens with zero attached hydrogens (tertiary/aromatic N) is 2. The van der Waals surface area contributed by atoms with Crippen LogP contribution in [0.25, 0.3) is 0 Å². The Labute approximate surface area is 136 Å². The van der Waals surface area contributed by atoms with Gasteiger partial charge in [-0.25, -0.2) is 4.99 Å². The van der Waals surface area contributed by atoms with E-state index >= 15 is 0 Å². The zero-order chi connectivity index (χ0) is 15.5. The van der Waals surface area contributed by atoms with Gasteiger partial charge < -0.3 is 9.30 Å². The van der Waals surface area contributed by atoms with Crippen molar-refractivity contribution >= 4 is 17.7 Å². The molecular formula is C18H22N2OS. The van der Waals surface area contributed by atoms with Gasteiger partial charge in [0.1, 0.15) is 12.3 Å². The number of thioether (sulfide) groups is 1. The van der Waals surface area contributed by atoms with Crippen molar-refractivity contribution in [1.29, 1.82) is 0 Å². The normalized spacial score (nSPS) is 17.6. The van der Waals surface area contributed by atoms with E-state index in [1.165, 1.54) is 10.5 Å². The number of ether oxygens (including phenoxy) is 1. The van der Waals surface area contributed by atoms with E-state index in [4.69, 9.17) is 9.73 Å². The molecule has 3 rings (SSSR count). The molecule has 1 aliphatic heterocycles. The summed E-state index contributed by atoms with van der Waals surface area (Å²) in [6, 6.07) is 13.1. The molecule has 3 nitrogen and oxygen atoms in total. The third-order valence-corrected chi connectivity index (χ3v) is 4.75. The van der Waals surface area contributed by atoms with Crippen LogP contribution in [0, 0.1) is 5.92 Å². The van der Waals surface area contributed by atoms with E-state index in [1.807, 2.05) is 0 Å². The van der Waals surface area contributed by atoms with E-state index < -0.39 is 0 Å². The second-order valence-corrected chi connectivity index (χ2v) is 6.81. The molecule has 0 saturated carbocycles. The van der Waals surface area contributed by atoms with E-state index in [0.29, 0.717) is 12.5 Å². The fourth-order valence-electron chi connectivity index (χ4n) is 2.54. The van der Waals surface area contributed by atoms with Gasteiger partial charge in [0.2, 0.25) is 5.90 Å². The summed E-state index contributed by atoms with van der Waals surface area (Å²) >= 11 is 1.77. The molecule has 1 aromatic carbocycles. The fourth-order valence-corrected chi connectivity index (χ4v) is 2.95. The van der Waals surface area contributed by atoms with Crippen LogP contribution in [-0.2, 0) is 11.3 Å². The topological polar surface area (TPSA) is 26.5 Å². The molecule has 1 aromatic heterocycles. The molecule has 0 N–H and O–H groups in total. The summed E-state index contributed by atoms with van der Waals surface area (Å²) < 4.78 is 8.02. The maximum Gasteiger partial charge on any atom is 0.233 e. The first-order valence-corrected chi connectivity index (χ1v) is 8.89. The van der Waals surface area contributed by atoms with Crippen LogP contribution < -0.4 is 0 Å². The van der Waals surface area contributed by atoms with Crippen molar-refractivity contribution in [2.24, 2.45) is 10.9 Å². The summed E-state index contributed by atoms with van der Waals surface area (Å²) in [5.74, 6) is 1.30. The molecule has 2 aromatic rings. The van der Waals surface area contributed by atoms with Crippen LogP contribution in [0.5, 0.6) is 0 Å². The van der Waals surface area contributed by atoms with Gasteiger partial charge in [0, 0.05) is 17.6 Å². The average molecular weight is 314 g/mol. The predicted molar refractivity (Wildman–Crippen MR) is 92.9 cm³/mol. The summed E-state index contributed by atoms with van der Waals surface area (Å²) in [4.78, 5) is 6.02. The Morgan fingerprint density at radius 2 is 2.05 bits per heavy atom. The average Bonchev–Trinajstić information content (AvgIpc) is 3.16. The van der Waals surface area contributed by atoms with E-state index in [1.54, 1.807) is 11.8 Å². The molecule has 0 radical (unpaired) electrons. The molecule has 1 aliphatic rings. The third-order valence-electron chi connectivity index (χ3n) is 4.00. The maximum atomic E-state index is 5.81. The second-order valence-electron chi connectivity index (χ2n) is 5.93. The minimum Gasteiger partial charge on any atom is -0.474 e. The maximum absolute atomic E-state index is 5.81. The van der Waals surface area contributed by atoms with Gasteiger partial charge in [-0.1, -0.05) is 26.0 Å². The lowest BCUT2D eigenvalue weighted by molar-refractivity contribution is 0.290. The van der Waals surface area contributed by atoms with E-state index in [0.717, 1.165) is 18.1 Å². The second kappa shape index (κ2) is 6.61. The Balaban J connectivity index is 1.79. The molecule has 0 spiro atoms. The van der Waals surface area contributed by atoms with Gasteiger partial charge in [-0.2, -0.15) is 0 Å². The highest BCUT2D eigenvalue weighted by Gasteiger charge is 2.24. The van der Waals surface area contributed by atoms with Crippen molar-refractivity contribution in [3.05, 3.63) is 53.9 Å². The summed E-state index contributed by atoms with van der Waals surface area (Å²) in [6.45, 7) is 5.91. The van der Waals surface area contributed by atoms with Crippen LogP contribution in [-0.4, -0.2) is 29.4 Å². The molecule has 116 valence electrons. The summed E-state index contributed by atoms with van der Waals surface area (Å²) in [6.07, 6.45) is 4.19. The van der Waals surface area contributed by atoms with Gasteiger partial charge in [0.15, 0.2) is 0 Å². The summed E-state index contributed by atoms with van der Waals surface area (Å²) in [5.41, 5.74) is 2.35. The van der Waals surface area contributed by atoms with Gasteiger partial charge in [-0.05, 0) is 42.0 Å². The third kappa shape index (κ3) is 3.22. The van der Waals surface area contributed by atoms with Gasteiger partial charge >= 0.3 is 0 Å². The molecule has 0 saturated heterocycles. The van der Waals surface area contributed by atoms with E-state index in [2.05, 4.69) is 67.3 Å². The molecule has 1 atom stereocenters. The molecule has 0 amide bonds. The smallest absolute Gasteiger partial charge is 0.233 e. The zero-order valence-corrected chi connectivity index (χ0v) is 14.1. The van der Waals surface area contributed by atoms with Crippen LogP contribution in [0.3, 0.4) is 0 Å². The number of benzene rings is 1. The number of rotatable bonds is 5. The van der Waals surface area contributed by atoms with E-state index in [-0.39, 0.29) is 6.04 Å². The first-order chi connectivity index (χ1) is 10.7. The first kappa shape index (κ1) is 15.2. The van der Waals surface area contributed by atoms with E-state index in [9.17, 15) is 0 Å². The Hall–Kier alpha value is -1.68. The molecule has 1 unspecified atom stereocenters. The highest BCUT2D eigenvalue weighted by atomic mass is 32.2. The largest absolute Gasteiger partial charge is 0.474 e. The molecule has 22 heavy (non-hydrogen) atoms. The molecule has 0 aliphatic carbocycles. The predicted octanol–water partition coefficient (Wildman–Crippen LogP) is 4.06. The number of hydrogen-bond acceptors (Lipinski definition) is 3. The van der Waals surface area contributed by atoms with Gasteiger partial charge in [0.05, 0.1) is 6.04 Å². The van der Waals surface area contributed by atoms with Crippen molar-refractivity contribution in [3.63, 3.8) is 0 Å². The van der Waals surface area contributed by atoms with Crippen LogP contribution in [0.1, 0.15) is 25.1 Å². The lowest BCUT2D eigenvalue weighted by atomic mass is 10.1. The van der Waals surface area contributed by atoms with Crippen molar-refractivity contribution in [2.45, 2.75) is 31.3 Å². The molecule has 2 heterocycles. The van der Waals surface area contributed by atoms with Crippen LogP contribution >= 0.6 is 11.8 Å². The zero-order valence-electron chi connectivity index (χ0n) is 13.3. The molecule has 0 bridgehead atoms. The Kier molecular flexibility index (Phi) is 4.57. The molecular weight excluding hydrogens is 292 g/mol. The highest BCUT2D eigenvalue weighted by Crippen LogP contribution is 2.20. The van der Waals surface area contributed by atoms with Crippen molar-refractivity contribution in [2.75, 3.05) is 12.9 Å². The standard InChI is InChI=1S/C18H22N2OS/c1-13(2)16-12-21-18(19-16)17-5-4-10-20(17)11-14-6-8-15(22-3)9-7-14/h4-10,13,16H,11-12H2,1-3H3. The van der Waals surface area contributed by atoms with Crippen molar-refractivity contribution < 1.29 is 4.74 Å². The van der Waals surface area contributed by atoms with Crippen LogP contribution in [0.2, 0.25) is 0 Å². The fraction of sp³-hybridized carbons (Fsp3) is 0.389. The van der Waals surface area contributed by atoms with Crippen LogP contribution in [0.4, 0.5) is 0 Å². The van der Waals surface area contributed by atoms with Crippen LogP contribution in [0.15, 0.2) is 52.5 Å². The SMILES string of the molecule is CSc1ccc(Cn2cccc2C2=NC(C(C)C)CO2)cc1. The number of hydrogen-bond donors (Lipinski definition) is 0. The van der Waals surface area contributed by atoms with Crippen molar-refractivity contribution in [3.8, 4) is 0 Å². The molecule has 4 heteroatoms. The Morgan fingerprint density at radius 1 is 1.27 bits per heavy atom. The minimum absolute atomic E-state index is 0.277. The summed E-state index contributed by atoms with van der Waals surface area (Å²) in [5, 5.41) is 0. The van der Waals surface area contributed by atoms with Gasteiger partial charge in [-0.15, -0.1) is 11.8 Å². The minimum atomic E-state index is 0.277. The lowest BCUT2D eigenvalue weighted by Crippen LogP contribution is -2.13. The quantitative estimate of drug-likeness (QED) is 0.778. The number of aromatic nitrogens is 1. The van der Waals surface area contributed by atoms with Gasteiger partial charge in [0.25, 0.3) is 0 Å². The van der Waals surface area contributed by atoms with Gasteiger partial charge in [-0.3, -0.25) is 0 Å². The monoisotopic (exact) mass is 314 g/mol. The molecule has 0 fully saturated rings. The lowest BCUT2D eigenvalue weighted by Gasteiger charge is -2.09. The summed E-state index contributed by atoms with van der Waals surface area (Å²) in [7, 11) is 0.